The van der Waals surface area contributed by atoms with E-state index in [0.29, 0.717) is 17.1 Å². The molecule has 0 saturated carbocycles. The van der Waals surface area contributed by atoms with Gasteiger partial charge in [-0.25, -0.2) is 13.1 Å². The van der Waals surface area contributed by atoms with Crippen LogP contribution in [0.15, 0.2) is 57.8 Å². The number of nitrogens with one attached hydrogen (secondary N) is 1. The summed E-state index contributed by atoms with van der Waals surface area (Å²) in [6, 6.07) is 13.0. The molecule has 0 aliphatic heterocycles. The van der Waals surface area contributed by atoms with E-state index in [1.165, 1.54) is 24.1 Å². The lowest BCUT2D eigenvalue weighted by molar-refractivity contribution is 0.0775. The SMILES string of the molecule is COc1ccccc1CNS(=O)(=O)c1cc(C(=O)N(C)Cc2ccc(C)o2)c(Cl)cc1Cl. The number of benzene rings is 2. The Balaban J connectivity index is 1.85. The minimum Gasteiger partial charge on any atom is -0.496 e. The number of hydrogen-bond donors (Lipinski definition) is 1. The smallest absolute Gasteiger partial charge is 0.255 e. The fourth-order valence-corrected chi connectivity index (χ4v) is 4.94. The lowest BCUT2D eigenvalue weighted by Gasteiger charge is -2.18. The van der Waals surface area contributed by atoms with Crippen LogP contribution in [0.4, 0.5) is 0 Å². The number of aryl methyl sites for hydroxylation is 1. The van der Waals surface area contributed by atoms with Gasteiger partial charge in [0, 0.05) is 19.2 Å². The number of amides is 1. The molecule has 0 unspecified atom stereocenters. The molecule has 0 fully saturated rings. The average molecular weight is 497 g/mol. The third kappa shape index (κ3) is 5.45. The highest BCUT2D eigenvalue weighted by Crippen LogP contribution is 2.30. The van der Waals surface area contributed by atoms with E-state index in [-0.39, 0.29) is 33.6 Å². The molecule has 32 heavy (non-hydrogen) atoms. The summed E-state index contributed by atoms with van der Waals surface area (Å²) in [6.07, 6.45) is 0. The fourth-order valence-electron chi connectivity index (χ4n) is 3.08. The Bertz CT molecular complexity index is 1240. The standard InChI is InChI=1S/C22H22Cl2N2O5S/c1-14-8-9-16(31-14)13-26(2)22(27)17-10-21(19(24)11-18(17)23)32(28,29)25-12-15-6-4-5-7-20(15)30-3/h4-11,25H,12-13H2,1-3H3. The molecule has 3 aromatic rings. The molecular formula is C22H22Cl2N2O5S. The fraction of sp³-hybridized carbons (Fsp3) is 0.227. The summed E-state index contributed by atoms with van der Waals surface area (Å²) in [4.78, 5) is 14.1. The summed E-state index contributed by atoms with van der Waals surface area (Å²) >= 11 is 12.4. The highest BCUT2D eigenvalue weighted by atomic mass is 35.5. The van der Waals surface area contributed by atoms with Gasteiger partial charge in [0.15, 0.2) is 0 Å². The van der Waals surface area contributed by atoms with Gasteiger partial charge in [-0.3, -0.25) is 4.79 Å². The van der Waals surface area contributed by atoms with Crippen molar-refractivity contribution in [1.82, 2.24) is 9.62 Å². The molecule has 0 spiro atoms. The molecule has 0 bridgehead atoms. The van der Waals surface area contributed by atoms with E-state index in [4.69, 9.17) is 32.4 Å². The molecule has 0 saturated heterocycles. The van der Waals surface area contributed by atoms with Crippen molar-refractivity contribution in [2.45, 2.75) is 24.9 Å². The Morgan fingerprint density at radius 2 is 1.84 bits per heavy atom. The number of sulfonamides is 1. The van der Waals surface area contributed by atoms with E-state index in [1.54, 1.807) is 50.4 Å². The molecule has 0 radical (unpaired) electrons. The first-order chi connectivity index (χ1) is 15.1. The van der Waals surface area contributed by atoms with Crippen molar-refractivity contribution in [3.05, 3.63) is 81.2 Å². The first kappa shape index (κ1) is 24.1. The van der Waals surface area contributed by atoms with Crippen molar-refractivity contribution >= 4 is 39.1 Å². The van der Waals surface area contributed by atoms with E-state index in [9.17, 15) is 13.2 Å². The van der Waals surface area contributed by atoms with Gasteiger partial charge in [0.2, 0.25) is 10.0 Å². The maximum absolute atomic E-state index is 13.0. The second-order valence-corrected chi connectivity index (χ2v) is 9.62. The van der Waals surface area contributed by atoms with E-state index in [1.807, 2.05) is 0 Å². The number of ether oxygens (including phenoxy) is 1. The average Bonchev–Trinajstić information content (AvgIpc) is 3.16. The van der Waals surface area contributed by atoms with Gasteiger partial charge in [-0.05, 0) is 37.3 Å². The Hall–Kier alpha value is -2.52. The molecular weight excluding hydrogens is 475 g/mol. The van der Waals surface area contributed by atoms with E-state index in [0.717, 1.165) is 5.76 Å². The number of carbonyl (C=O) groups is 1. The van der Waals surface area contributed by atoms with Gasteiger partial charge in [0.25, 0.3) is 5.91 Å². The van der Waals surface area contributed by atoms with Crippen LogP contribution >= 0.6 is 23.2 Å². The van der Waals surface area contributed by atoms with Crippen LogP contribution in [0.1, 0.15) is 27.4 Å². The summed E-state index contributed by atoms with van der Waals surface area (Å²) in [6.45, 7) is 1.97. The Kier molecular flexibility index (Phi) is 7.51. The molecule has 0 aliphatic rings. The van der Waals surface area contributed by atoms with Crippen molar-refractivity contribution in [2.24, 2.45) is 0 Å². The van der Waals surface area contributed by atoms with Crippen molar-refractivity contribution < 1.29 is 22.4 Å². The lowest BCUT2D eigenvalue weighted by Crippen LogP contribution is -2.28. The van der Waals surface area contributed by atoms with Gasteiger partial charge in [-0.2, -0.15) is 0 Å². The Morgan fingerprint density at radius 3 is 2.50 bits per heavy atom. The zero-order valence-electron chi connectivity index (χ0n) is 17.7. The van der Waals surface area contributed by atoms with E-state index >= 15 is 0 Å². The molecule has 1 heterocycles. The quantitative estimate of drug-likeness (QED) is 0.489. The molecule has 7 nitrogen and oxygen atoms in total. The third-order valence-corrected chi connectivity index (χ3v) is 6.90. The highest BCUT2D eigenvalue weighted by Gasteiger charge is 2.24. The normalized spacial score (nSPS) is 11.4. The number of carbonyl (C=O) groups excluding carboxylic acids is 1. The summed E-state index contributed by atoms with van der Waals surface area (Å²) < 4.78 is 39.1. The van der Waals surface area contributed by atoms with E-state index in [2.05, 4.69) is 4.72 Å². The summed E-state index contributed by atoms with van der Waals surface area (Å²) in [7, 11) is -0.983. The summed E-state index contributed by atoms with van der Waals surface area (Å²) in [5.41, 5.74) is 0.660. The molecule has 1 N–H and O–H groups in total. The summed E-state index contributed by atoms with van der Waals surface area (Å²) in [5.74, 6) is 1.39. The Morgan fingerprint density at radius 1 is 1.12 bits per heavy atom. The van der Waals surface area contributed by atoms with Gasteiger partial charge in [0.1, 0.15) is 22.2 Å². The van der Waals surface area contributed by atoms with Gasteiger partial charge >= 0.3 is 0 Å². The van der Waals surface area contributed by atoms with E-state index < -0.39 is 15.9 Å². The van der Waals surface area contributed by atoms with Crippen molar-refractivity contribution in [2.75, 3.05) is 14.2 Å². The zero-order valence-corrected chi connectivity index (χ0v) is 20.0. The molecule has 170 valence electrons. The number of para-hydroxylation sites is 1. The molecule has 10 heteroatoms. The lowest BCUT2D eigenvalue weighted by atomic mass is 10.2. The van der Waals surface area contributed by atoms with Crippen LogP contribution < -0.4 is 9.46 Å². The monoisotopic (exact) mass is 496 g/mol. The topological polar surface area (TPSA) is 88.8 Å². The van der Waals surface area contributed by atoms with Crippen LogP contribution in [0, 0.1) is 6.92 Å². The van der Waals surface area contributed by atoms with Gasteiger partial charge < -0.3 is 14.1 Å². The highest BCUT2D eigenvalue weighted by molar-refractivity contribution is 7.89. The second-order valence-electron chi connectivity index (χ2n) is 7.07. The van der Waals surface area contributed by atoms with Gasteiger partial charge in [0.05, 0.1) is 29.3 Å². The van der Waals surface area contributed by atoms with Crippen LogP contribution in [-0.2, 0) is 23.1 Å². The molecule has 0 atom stereocenters. The van der Waals surface area contributed by atoms with Crippen molar-refractivity contribution in [1.29, 1.82) is 0 Å². The molecule has 1 aromatic heterocycles. The zero-order chi connectivity index (χ0) is 23.5. The van der Waals surface area contributed by atoms with Gasteiger partial charge in [-0.1, -0.05) is 41.4 Å². The first-order valence-corrected chi connectivity index (χ1v) is 11.8. The molecule has 3 rings (SSSR count). The maximum Gasteiger partial charge on any atom is 0.255 e. The molecule has 0 aliphatic carbocycles. The maximum atomic E-state index is 13.0. The number of nitrogens with zero attached hydrogens (tertiary/aromatic N) is 1. The number of hydrogen-bond acceptors (Lipinski definition) is 5. The number of rotatable bonds is 8. The van der Waals surface area contributed by atoms with Crippen LogP contribution in [0.25, 0.3) is 0 Å². The molecule has 2 aromatic carbocycles. The van der Waals surface area contributed by atoms with Crippen molar-refractivity contribution in [3.63, 3.8) is 0 Å². The largest absolute Gasteiger partial charge is 0.496 e. The third-order valence-electron chi connectivity index (χ3n) is 4.72. The van der Waals surface area contributed by atoms with Crippen LogP contribution in [0.5, 0.6) is 5.75 Å². The second kappa shape index (κ2) is 9.95. The van der Waals surface area contributed by atoms with Gasteiger partial charge in [-0.15, -0.1) is 0 Å². The Labute approximate surface area is 196 Å². The van der Waals surface area contributed by atoms with Crippen LogP contribution in [0.2, 0.25) is 10.0 Å². The minimum atomic E-state index is -4.05. The molecule has 1 amide bonds. The predicted octanol–water partition coefficient (Wildman–Crippen LogP) is 4.65. The van der Waals surface area contributed by atoms with Crippen LogP contribution in [0.3, 0.4) is 0 Å². The van der Waals surface area contributed by atoms with Crippen molar-refractivity contribution in [3.8, 4) is 5.75 Å². The number of furan rings is 1. The number of methoxy groups -OCH3 is 1. The minimum absolute atomic E-state index is 0.0134. The van der Waals surface area contributed by atoms with Crippen LogP contribution in [-0.4, -0.2) is 33.4 Å². The predicted molar refractivity (Wildman–Crippen MR) is 123 cm³/mol. The first-order valence-electron chi connectivity index (χ1n) is 9.53. The number of halogens is 2. The summed E-state index contributed by atoms with van der Waals surface area (Å²) in [5, 5.41) is -0.0467.